The van der Waals surface area contributed by atoms with Crippen molar-refractivity contribution in [1.29, 1.82) is 0 Å². The minimum absolute atomic E-state index is 0.0726. The van der Waals surface area contributed by atoms with Crippen molar-refractivity contribution in [1.82, 2.24) is 5.01 Å². The third-order valence-electron chi connectivity index (χ3n) is 3.73. The van der Waals surface area contributed by atoms with Gasteiger partial charge in [0.05, 0.1) is 12.1 Å². The molecule has 1 aliphatic heterocycles. The SMILES string of the molecule is NC(=S)N1N=C(c2ccc3ccccc3c2)CC1(O)C(F)(F)F. The molecule has 0 saturated heterocycles. The molecule has 120 valence electrons. The standard InChI is InChI=1S/C15H12F3N3OS/c16-15(17,18)14(22)8-12(20-21(14)13(19)23)11-6-5-9-3-1-2-4-10(9)7-11/h1-7,22H,8H2,(H2,19,23). The van der Waals surface area contributed by atoms with Gasteiger partial charge in [0.25, 0.3) is 5.72 Å². The fourth-order valence-electron chi connectivity index (χ4n) is 2.53. The van der Waals surface area contributed by atoms with E-state index in [4.69, 9.17) is 5.73 Å². The molecule has 1 atom stereocenters. The molecule has 2 aromatic carbocycles. The molecule has 3 rings (SSSR count). The van der Waals surface area contributed by atoms with Crippen LogP contribution in [0.3, 0.4) is 0 Å². The van der Waals surface area contributed by atoms with Crippen LogP contribution in [0.2, 0.25) is 0 Å². The highest BCUT2D eigenvalue weighted by Gasteiger charge is 2.62. The Balaban J connectivity index is 2.05. The highest BCUT2D eigenvalue weighted by atomic mass is 32.1. The summed E-state index contributed by atoms with van der Waals surface area (Å²) < 4.78 is 39.7. The van der Waals surface area contributed by atoms with Crippen LogP contribution in [-0.2, 0) is 0 Å². The Hall–Kier alpha value is -2.19. The molecule has 23 heavy (non-hydrogen) atoms. The third kappa shape index (κ3) is 2.53. The quantitative estimate of drug-likeness (QED) is 0.785. The average molecular weight is 339 g/mol. The number of thiocarbonyl (C=S) groups is 1. The number of hydrazone groups is 1. The summed E-state index contributed by atoms with van der Waals surface area (Å²) in [5, 5.41) is 15.2. The van der Waals surface area contributed by atoms with Gasteiger partial charge in [-0.15, -0.1) is 0 Å². The fourth-order valence-corrected chi connectivity index (χ4v) is 2.72. The maximum absolute atomic E-state index is 13.2. The Kier molecular flexibility index (Phi) is 3.53. The van der Waals surface area contributed by atoms with Crippen molar-refractivity contribution >= 4 is 33.8 Å². The van der Waals surface area contributed by atoms with Gasteiger partial charge < -0.3 is 10.8 Å². The van der Waals surface area contributed by atoms with Gasteiger partial charge in [-0.05, 0) is 34.6 Å². The van der Waals surface area contributed by atoms with E-state index in [-0.39, 0.29) is 10.7 Å². The first-order chi connectivity index (χ1) is 10.7. The molecule has 1 aliphatic rings. The molecule has 8 heteroatoms. The largest absolute Gasteiger partial charge is 0.438 e. The molecular weight excluding hydrogens is 327 g/mol. The Morgan fingerprint density at radius 1 is 1.22 bits per heavy atom. The van der Waals surface area contributed by atoms with E-state index < -0.39 is 23.4 Å². The number of fused-ring (bicyclic) bond motifs is 1. The van der Waals surface area contributed by atoms with Crippen molar-refractivity contribution in [2.24, 2.45) is 10.8 Å². The molecule has 0 radical (unpaired) electrons. The molecule has 0 aromatic heterocycles. The summed E-state index contributed by atoms with van der Waals surface area (Å²) in [4.78, 5) is 0. The van der Waals surface area contributed by atoms with Crippen LogP contribution in [-0.4, -0.2) is 32.8 Å². The number of nitrogens with two attached hydrogens (primary N) is 1. The van der Waals surface area contributed by atoms with E-state index in [9.17, 15) is 18.3 Å². The number of nitrogens with zero attached hydrogens (tertiary/aromatic N) is 2. The van der Waals surface area contributed by atoms with Gasteiger partial charge in [-0.3, -0.25) is 0 Å². The summed E-state index contributed by atoms with van der Waals surface area (Å²) in [6.07, 6.45) is -5.69. The second-order valence-corrected chi connectivity index (χ2v) is 5.67. The first-order valence-electron chi connectivity index (χ1n) is 6.68. The number of benzene rings is 2. The number of aliphatic hydroxyl groups is 1. The zero-order valence-corrected chi connectivity index (χ0v) is 12.5. The number of halogens is 3. The Labute approximate surface area is 135 Å². The molecule has 0 amide bonds. The van der Waals surface area contributed by atoms with E-state index in [0.29, 0.717) is 5.56 Å². The Morgan fingerprint density at radius 2 is 1.87 bits per heavy atom. The Bertz CT molecular complexity index is 821. The molecule has 2 aromatic rings. The van der Waals surface area contributed by atoms with E-state index in [1.165, 1.54) is 0 Å². The lowest BCUT2D eigenvalue weighted by Crippen LogP contribution is -2.57. The molecule has 3 N–H and O–H groups in total. The first-order valence-corrected chi connectivity index (χ1v) is 7.08. The van der Waals surface area contributed by atoms with E-state index in [1.54, 1.807) is 18.2 Å². The third-order valence-corrected chi connectivity index (χ3v) is 3.90. The average Bonchev–Trinajstić information content (AvgIpc) is 2.86. The molecule has 0 fully saturated rings. The Morgan fingerprint density at radius 3 is 2.43 bits per heavy atom. The predicted molar refractivity (Wildman–Crippen MR) is 84.7 cm³/mol. The monoisotopic (exact) mass is 339 g/mol. The number of alkyl halides is 3. The van der Waals surface area contributed by atoms with Crippen molar-refractivity contribution in [2.45, 2.75) is 18.3 Å². The number of hydrogen-bond donors (Lipinski definition) is 2. The van der Waals surface area contributed by atoms with E-state index in [0.717, 1.165) is 10.8 Å². The fraction of sp³-hybridized carbons (Fsp3) is 0.200. The summed E-state index contributed by atoms with van der Waals surface area (Å²) >= 11 is 4.59. The lowest BCUT2D eigenvalue weighted by Gasteiger charge is -2.32. The minimum atomic E-state index is -4.95. The second kappa shape index (κ2) is 5.17. The molecule has 0 bridgehead atoms. The number of hydrogen-bond acceptors (Lipinski definition) is 3. The van der Waals surface area contributed by atoms with Crippen molar-refractivity contribution in [3.8, 4) is 0 Å². The lowest BCUT2D eigenvalue weighted by atomic mass is 9.98. The second-order valence-electron chi connectivity index (χ2n) is 5.25. The molecule has 4 nitrogen and oxygen atoms in total. The van der Waals surface area contributed by atoms with Crippen LogP contribution >= 0.6 is 12.2 Å². The summed E-state index contributed by atoms with van der Waals surface area (Å²) in [6.45, 7) is 0. The zero-order chi connectivity index (χ0) is 16.8. The number of rotatable bonds is 1. The van der Waals surface area contributed by atoms with Crippen LogP contribution in [0.1, 0.15) is 12.0 Å². The van der Waals surface area contributed by atoms with Crippen LogP contribution in [0.4, 0.5) is 13.2 Å². The van der Waals surface area contributed by atoms with Crippen molar-refractivity contribution in [3.05, 3.63) is 48.0 Å². The normalized spacial score (nSPS) is 21.6. The topological polar surface area (TPSA) is 61.8 Å². The highest BCUT2D eigenvalue weighted by Crippen LogP contribution is 2.41. The van der Waals surface area contributed by atoms with E-state index in [2.05, 4.69) is 17.3 Å². The molecule has 1 unspecified atom stereocenters. The van der Waals surface area contributed by atoms with Crippen molar-refractivity contribution in [2.75, 3.05) is 0 Å². The van der Waals surface area contributed by atoms with Gasteiger partial charge in [0.15, 0.2) is 5.11 Å². The van der Waals surface area contributed by atoms with Crippen LogP contribution in [0.15, 0.2) is 47.6 Å². The van der Waals surface area contributed by atoms with Crippen molar-refractivity contribution < 1.29 is 18.3 Å². The van der Waals surface area contributed by atoms with Crippen LogP contribution < -0.4 is 5.73 Å². The van der Waals surface area contributed by atoms with Gasteiger partial charge in [0.1, 0.15) is 0 Å². The summed E-state index contributed by atoms with van der Waals surface area (Å²) in [5.41, 5.74) is 2.62. The van der Waals surface area contributed by atoms with Crippen molar-refractivity contribution in [3.63, 3.8) is 0 Å². The van der Waals surface area contributed by atoms with Crippen LogP contribution in [0.25, 0.3) is 10.8 Å². The van der Waals surface area contributed by atoms with Gasteiger partial charge >= 0.3 is 6.18 Å². The molecule has 1 heterocycles. The highest BCUT2D eigenvalue weighted by molar-refractivity contribution is 7.80. The smallest absolute Gasteiger partial charge is 0.375 e. The van der Waals surface area contributed by atoms with E-state index >= 15 is 0 Å². The summed E-state index contributed by atoms with van der Waals surface area (Å²) in [5.74, 6) is 0. The van der Waals surface area contributed by atoms with Gasteiger partial charge in [0.2, 0.25) is 0 Å². The van der Waals surface area contributed by atoms with E-state index in [1.807, 2.05) is 24.3 Å². The van der Waals surface area contributed by atoms with Gasteiger partial charge in [-0.2, -0.15) is 23.3 Å². The maximum atomic E-state index is 13.2. The summed E-state index contributed by atoms with van der Waals surface area (Å²) in [6, 6.07) is 12.6. The molecular formula is C15H12F3N3OS. The first kappa shape index (κ1) is 15.7. The lowest BCUT2D eigenvalue weighted by molar-refractivity contribution is -0.294. The maximum Gasteiger partial charge on any atom is 0.438 e. The van der Waals surface area contributed by atoms with Gasteiger partial charge in [-0.1, -0.05) is 36.4 Å². The van der Waals surface area contributed by atoms with Gasteiger partial charge in [-0.25, -0.2) is 0 Å². The van der Waals surface area contributed by atoms with Crippen LogP contribution in [0, 0.1) is 0 Å². The summed E-state index contributed by atoms with van der Waals surface area (Å²) in [7, 11) is 0. The molecule has 0 aliphatic carbocycles. The zero-order valence-electron chi connectivity index (χ0n) is 11.7. The minimum Gasteiger partial charge on any atom is -0.375 e. The molecule has 0 spiro atoms. The molecule has 0 saturated carbocycles. The van der Waals surface area contributed by atoms with Gasteiger partial charge in [0, 0.05) is 0 Å². The van der Waals surface area contributed by atoms with Crippen LogP contribution in [0.5, 0.6) is 0 Å². The predicted octanol–water partition coefficient (Wildman–Crippen LogP) is 2.74.